The Kier molecular flexibility index (Phi) is 4.63. The Morgan fingerprint density at radius 1 is 1.67 bits per heavy atom. The summed E-state index contributed by atoms with van der Waals surface area (Å²) in [5, 5.41) is 5.77. The number of aryl methyl sites for hydroxylation is 1. The van der Waals surface area contributed by atoms with Crippen molar-refractivity contribution in [1.29, 1.82) is 0 Å². The molecule has 0 spiro atoms. The van der Waals surface area contributed by atoms with E-state index >= 15 is 0 Å². The normalized spacial score (nSPS) is 9.93. The quantitative estimate of drug-likeness (QED) is 0.524. The fourth-order valence-corrected chi connectivity index (χ4v) is 1.22. The third-order valence-electron chi connectivity index (χ3n) is 2.09. The van der Waals surface area contributed by atoms with Crippen molar-refractivity contribution in [2.45, 2.75) is 6.54 Å². The Bertz CT molecular complexity index is 330. The van der Waals surface area contributed by atoms with Gasteiger partial charge in [0.1, 0.15) is 0 Å². The van der Waals surface area contributed by atoms with Crippen molar-refractivity contribution in [3.05, 3.63) is 36.7 Å². The summed E-state index contributed by atoms with van der Waals surface area (Å²) in [5.74, 6) is -0.00181. The number of nitrogens with zero attached hydrogens (tertiary/aromatic N) is 1. The zero-order valence-electron chi connectivity index (χ0n) is 8.99. The van der Waals surface area contributed by atoms with E-state index in [1.54, 1.807) is 6.08 Å². The summed E-state index contributed by atoms with van der Waals surface area (Å²) in [4.78, 5) is 11.3. The highest BCUT2D eigenvalue weighted by Crippen LogP contribution is 1.97. The fourth-order valence-electron chi connectivity index (χ4n) is 1.22. The lowest BCUT2D eigenvalue weighted by atomic mass is 10.4. The van der Waals surface area contributed by atoms with E-state index in [9.17, 15) is 4.79 Å². The minimum atomic E-state index is -0.00181. The highest BCUT2D eigenvalue weighted by atomic mass is 16.1. The number of hydrogen-bond acceptors (Lipinski definition) is 2. The molecular formula is C11H17N3O. The molecule has 1 aromatic rings. The van der Waals surface area contributed by atoms with Gasteiger partial charge in [0.25, 0.3) is 0 Å². The van der Waals surface area contributed by atoms with Crippen LogP contribution in [0.1, 0.15) is 5.69 Å². The lowest BCUT2D eigenvalue weighted by Crippen LogP contribution is -2.33. The molecule has 2 N–H and O–H groups in total. The van der Waals surface area contributed by atoms with Crippen LogP contribution >= 0.6 is 0 Å². The summed E-state index contributed by atoms with van der Waals surface area (Å²) in [6, 6.07) is 3.94. The lowest BCUT2D eigenvalue weighted by Gasteiger charge is -2.06. The van der Waals surface area contributed by atoms with E-state index in [1.165, 1.54) is 0 Å². The van der Waals surface area contributed by atoms with Gasteiger partial charge in [-0.3, -0.25) is 4.79 Å². The van der Waals surface area contributed by atoms with Crippen molar-refractivity contribution in [2.24, 2.45) is 7.05 Å². The molecule has 0 atom stereocenters. The van der Waals surface area contributed by atoms with Gasteiger partial charge < -0.3 is 15.2 Å². The van der Waals surface area contributed by atoms with Gasteiger partial charge >= 0.3 is 0 Å². The van der Waals surface area contributed by atoms with E-state index in [0.717, 1.165) is 5.69 Å². The number of nitrogens with one attached hydrogen (secondary N) is 2. The third kappa shape index (κ3) is 3.99. The van der Waals surface area contributed by atoms with Crippen LogP contribution in [-0.4, -0.2) is 23.6 Å². The maximum absolute atomic E-state index is 11.3. The highest BCUT2D eigenvalue weighted by Gasteiger charge is 2.01. The largest absolute Gasteiger partial charge is 0.353 e. The van der Waals surface area contributed by atoms with Crippen LogP contribution in [0.15, 0.2) is 31.0 Å². The standard InChI is InChI=1S/C11H17N3O/c1-3-6-12-9-11(15)13-8-10-5-4-7-14(10)2/h3-5,7,12H,1,6,8-9H2,2H3,(H,13,15). The Balaban J connectivity index is 2.22. The minimum absolute atomic E-state index is 0.00181. The van der Waals surface area contributed by atoms with Gasteiger partial charge in [0, 0.05) is 25.5 Å². The second-order valence-electron chi connectivity index (χ2n) is 3.31. The number of carbonyl (C=O) groups excluding carboxylic acids is 1. The van der Waals surface area contributed by atoms with Crippen molar-refractivity contribution in [1.82, 2.24) is 15.2 Å². The molecular weight excluding hydrogens is 190 g/mol. The van der Waals surface area contributed by atoms with Gasteiger partial charge in [0.2, 0.25) is 5.91 Å². The molecule has 4 heteroatoms. The van der Waals surface area contributed by atoms with E-state index in [4.69, 9.17) is 0 Å². The van der Waals surface area contributed by atoms with Crippen LogP contribution in [-0.2, 0) is 18.4 Å². The van der Waals surface area contributed by atoms with Gasteiger partial charge in [0.15, 0.2) is 0 Å². The van der Waals surface area contributed by atoms with Crippen LogP contribution in [0.4, 0.5) is 0 Å². The fraction of sp³-hybridized carbons (Fsp3) is 0.364. The maximum Gasteiger partial charge on any atom is 0.234 e. The first kappa shape index (κ1) is 11.5. The van der Waals surface area contributed by atoms with E-state index in [2.05, 4.69) is 17.2 Å². The molecule has 0 aromatic carbocycles. The Morgan fingerprint density at radius 3 is 3.07 bits per heavy atom. The minimum Gasteiger partial charge on any atom is -0.353 e. The van der Waals surface area contributed by atoms with Crippen molar-refractivity contribution in [3.63, 3.8) is 0 Å². The summed E-state index contributed by atoms with van der Waals surface area (Å²) < 4.78 is 1.98. The predicted octanol–water partition coefficient (Wildman–Crippen LogP) is 0.417. The van der Waals surface area contributed by atoms with E-state index in [-0.39, 0.29) is 5.91 Å². The third-order valence-corrected chi connectivity index (χ3v) is 2.09. The highest BCUT2D eigenvalue weighted by molar-refractivity contribution is 5.77. The molecule has 4 nitrogen and oxygen atoms in total. The topological polar surface area (TPSA) is 46.1 Å². The molecule has 0 saturated heterocycles. The SMILES string of the molecule is C=CCNCC(=O)NCc1cccn1C. The smallest absolute Gasteiger partial charge is 0.234 e. The Labute approximate surface area is 90.0 Å². The maximum atomic E-state index is 11.3. The Hall–Kier alpha value is -1.55. The van der Waals surface area contributed by atoms with Gasteiger partial charge in [-0.15, -0.1) is 6.58 Å². The molecule has 1 aromatic heterocycles. The summed E-state index contributed by atoms with van der Waals surface area (Å²) in [5.41, 5.74) is 1.09. The van der Waals surface area contributed by atoms with E-state index < -0.39 is 0 Å². The molecule has 0 fully saturated rings. The first-order chi connectivity index (χ1) is 7.24. The first-order valence-corrected chi connectivity index (χ1v) is 4.92. The van der Waals surface area contributed by atoms with E-state index in [0.29, 0.717) is 19.6 Å². The average Bonchev–Trinajstić information content (AvgIpc) is 2.61. The molecule has 1 rings (SSSR count). The zero-order valence-corrected chi connectivity index (χ0v) is 8.99. The molecule has 0 aliphatic heterocycles. The van der Waals surface area contributed by atoms with Crippen molar-refractivity contribution < 1.29 is 4.79 Å². The van der Waals surface area contributed by atoms with Gasteiger partial charge in [0.05, 0.1) is 13.1 Å². The monoisotopic (exact) mass is 207 g/mol. The number of hydrogen-bond donors (Lipinski definition) is 2. The molecule has 1 amide bonds. The molecule has 0 saturated carbocycles. The van der Waals surface area contributed by atoms with Gasteiger partial charge in [-0.1, -0.05) is 6.08 Å². The molecule has 0 bridgehead atoms. The van der Waals surface area contributed by atoms with Crippen LogP contribution in [0.2, 0.25) is 0 Å². The van der Waals surface area contributed by atoms with Crippen LogP contribution in [0.3, 0.4) is 0 Å². The first-order valence-electron chi connectivity index (χ1n) is 4.92. The molecule has 15 heavy (non-hydrogen) atoms. The average molecular weight is 207 g/mol. The second-order valence-corrected chi connectivity index (χ2v) is 3.31. The van der Waals surface area contributed by atoms with Crippen LogP contribution < -0.4 is 10.6 Å². The molecule has 0 aliphatic carbocycles. The van der Waals surface area contributed by atoms with Gasteiger partial charge in [-0.25, -0.2) is 0 Å². The van der Waals surface area contributed by atoms with Crippen molar-refractivity contribution >= 4 is 5.91 Å². The van der Waals surface area contributed by atoms with Gasteiger partial charge in [-0.05, 0) is 12.1 Å². The molecule has 0 unspecified atom stereocenters. The summed E-state index contributed by atoms with van der Waals surface area (Å²) >= 11 is 0. The molecule has 0 radical (unpaired) electrons. The Morgan fingerprint density at radius 2 is 2.47 bits per heavy atom. The van der Waals surface area contributed by atoms with Crippen molar-refractivity contribution in [2.75, 3.05) is 13.1 Å². The van der Waals surface area contributed by atoms with Crippen LogP contribution in [0.5, 0.6) is 0 Å². The summed E-state index contributed by atoms with van der Waals surface area (Å²) in [6.07, 6.45) is 3.68. The summed E-state index contributed by atoms with van der Waals surface area (Å²) in [6.45, 7) is 5.11. The zero-order chi connectivity index (χ0) is 11.1. The summed E-state index contributed by atoms with van der Waals surface area (Å²) in [7, 11) is 1.96. The van der Waals surface area contributed by atoms with Crippen LogP contribution in [0.25, 0.3) is 0 Å². The molecule has 0 aliphatic rings. The number of amides is 1. The number of aromatic nitrogens is 1. The predicted molar refractivity (Wildman–Crippen MR) is 60.3 cm³/mol. The van der Waals surface area contributed by atoms with Crippen LogP contribution in [0, 0.1) is 0 Å². The lowest BCUT2D eigenvalue weighted by molar-refractivity contribution is -0.120. The molecule has 82 valence electrons. The van der Waals surface area contributed by atoms with Crippen molar-refractivity contribution in [3.8, 4) is 0 Å². The number of rotatable bonds is 6. The van der Waals surface area contributed by atoms with E-state index in [1.807, 2.05) is 29.9 Å². The second kappa shape index (κ2) is 6.03. The number of carbonyl (C=O) groups is 1. The van der Waals surface area contributed by atoms with Gasteiger partial charge in [-0.2, -0.15) is 0 Å². The molecule has 1 heterocycles.